The zero-order chi connectivity index (χ0) is 10.5. The maximum absolute atomic E-state index is 5.08. The van der Waals surface area contributed by atoms with E-state index >= 15 is 0 Å². The number of benzene rings is 1. The molecule has 0 unspecified atom stereocenters. The van der Waals surface area contributed by atoms with E-state index < -0.39 is 0 Å². The molecule has 0 atom stereocenters. The van der Waals surface area contributed by atoms with Crippen LogP contribution in [0.3, 0.4) is 0 Å². The molecule has 0 saturated heterocycles. The van der Waals surface area contributed by atoms with Gasteiger partial charge in [0, 0.05) is 6.21 Å². The quantitative estimate of drug-likeness (QED) is 0.684. The summed E-state index contributed by atoms with van der Waals surface area (Å²) >= 11 is 0. The molecule has 2 nitrogen and oxygen atoms in total. The van der Waals surface area contributed by atoms with Crippen LogP contribution in [0.5, 0.6) is 5.75 Å². The topological polar surface area (TPSA) is 21.6 Å². The number of ether oxygens (including phenoxy) is 1. The van der Waals surface area contributed by atoms with E-state index in [0.29, 0.717) is 0 Å². The summed E-state index contributed by atoms with van der Waals surface area (Å²) < 4.78 is 5.08. The van der Waals surface area contributed by atoms with Gasteiger partial charge in [0.2, 0.25) is 0 Å². The number of rotatable bonds is 3. The molecule has 0 aromatic heterocycles. The van der Waals surface area contributed by atoms with Crippen LogP contribution < -0.4 is 4.74 Å². The van der Waals surface area contributed by atoms with E-state index in [2.05, 4.69) is 4.99 Å². The second-order valence-electron chi connectivity index (χ2n) is 3.17. The Labute approximate surface area is 91.0 Å². The van der Waals surface area contributed by atoms with Crippen LogP contribution in [-0.4, -0.2) is 13.3 Å². The van der Waals surface area contributed by atoms with Crippen LogP contribution >= 0.6 is 0 Å². The maximum atomic E-state index is 5.08. The number of nitrogens with zero attached hydrogens (tertiary/aromatic N) is 1. The van der Waals surface area contributed by atoms with Crippen molar-refractivity contribution < 1.29 is 4.74 Å². The smallest absolute Gasteiger partial charge is 0.118 e. The van der Waals surface area contributed by atoms with Gasteiger partial charge in [-0.05, 0) is 55.5 Å². The fourth-order valence-corrected chi connectivity index (χ4v) is 1.29. The Morgan fingerprint density at radius 3 is 2.33 bits per heavy atom. The van der Waals surface area contributed by atoms with E-state index in [-0.39, 0.29) is 0 Å². The lowest BCUT2D eigenvalue weighted by molar-refractivity contribution is 0.415. The predicted octanol–water partition coefficient (Wildman–Crippen LogP) is 2.48. The van der Waals surface area contributed by atoms with Crippen molar-refractivity contribution in [3.05, 3.63) is 61.6 Å². The molecule has 75 valence electrons. The standard InChI is InChI=1S/C13H12NO/c1-15-13-8-6-11(7-9-13)10-14-12-4-2-3-5-12/h2-10H,1H3. The summed E-state index contributed by atoms with van der Waals surface area (Å²) in [6.45, 7) is 0. The Kier molecular flexibility index (Phi) is 3.38. The first-order chi connectivity index (χ1) is 7.38. The van der Waals surface area contributed by atoms with Crippen molar-refractivity contribution in [2.75, 3.05) is 7.11 Å². The Bertz CT molecular complexity index is 323. The molecule has 0 N–H and O–H groups in total. The first-order valence-electron chi connectivity index (χ1n) is 4.78. The van der Waals surface area contributed by atoms with Gasteiger partial charge in [-0.1, -0.05) is 0 Å². The Hall–Kier alpha value is -1.31. The summed E-state index contributed by atoms with van der Waals surface area (Å²) in [5, 5.41) is 0. The van der Waals surface area contributed by atoms with Crippen molar-refractivity contribution in [3.8, 4) is 5.75 Å². The van der Waals surface area contributed by atoms with Gasteiger partial charge in [-0.3, -0.25) is 4.99 Å². The third kappa shape index (κ3) is 2.82. The summed E-state index contributed by atoms with van der Waals surface area (Å²) in [5.74, 6) is 0.862. The summed E-state index contributed by atoms with van der Waals surface area (Å²) in [4.78, 5) is 4.33. The van der Waals surface area contributed by atoms with Crippen LogP contribution in [0, 0.1) is 31.7 Å². The molecule has 1 aromatic carbocycles. The highest BCUT2D eigenvalue weighted by atomic mass is 16.5. The molecule has 15 heavy (non-hydrogen) atoms. The van der Waals surface area contributed by atoms with Gasteiger partial charge in [0.25, 0.3) is 0 Å². The van der Waals surface area contributed by atoms with Gasteiger partial charge >= 0.3 is 0 Å². The monoisotopic (exact) mass is 198 g/mol. The molecule has 2 heteroatoms. The Balaban J connectivity index is 1.97. The van der Waals surface area contributed by atoms with Crippen molar-refractivity contribution >= 4 is 6.21 Å². The predicted molar refractivity (Wildman–Crippen MR) is 61.0 cm³/mol. The fourth-order valence-electron chi connectivity index (χ4n) is 1.29. The molecule has 0 heterocycles. The van der Waals surface area contributed by atoms with Crippen molar-refractivity contribution in [1.82, 2.24) is 0 Å². The average Bonchev–Trinajstić information content (AvgIpc) is 2.80. The minimum absolute atomic E-state index is 0.862. The number of methoxy groups -OCH3 is 1. The zero-order valence-corrected chi connectivity index (χ0v) is 8.55. The minimum atomic E-state index is 0.862. The van der Waals surface area contributed by atoms with E-state index in [0.717, 1.165) is 17.4 Å². The number of aliphatic imine (C=N–C) groups is 1. The SMILES string of the molecule is COc1ccc(C=N[C]2[CH][CH][CH][CH]2)cc1. The van der Waals surface area contributed by atoms with Gasteiger partial charge in [-0.25, -0.2) is 0 Å². The van der Waals surface area contributed by atoms with Crippen molar-refractivity contribution in [3.63, 3.8) is 0 Å². The highest BCUT2D eigenvalue weighted by Gasteiger charge is 2.14. The molecule has 1 fully saturated rings. The molecule has 5 radical (unpaired) electrons. The largest absolute Gasteiger partial charge is 0.497 e. The Morgan fingerprint density at radius 2 is 1.73 bits per heavy atom. The third-order valence-corrected chi connectivity index (χ3v) is 2.12. The van der Waals surface area contributed by atoms with E-state index in [1.807, 2.05) is 56.2 Å². The summed E-state index contributed by atoms with van der Waals surface area (Å²) in [7, 11) is 1.66. The highest BCUT2D eigenvalue weighted by Crippen LogP contribution is 2.23. The molecule has 1 aliphatic carbocycles. The fraction of sp³-hybridized carbons (Fsp3) is 0.0769. The maximum Gasteiger partial charge on any atom is 0.118 e. The van der Waals surface area contributed by atoms with Crippen LogP contribution in [0.25, 0.3) is 0 Å². The molecule has 2 rings (SSSR count). The van der Waals surface area contributed by atoms with Gasteiger partial charge < -0.3 is 4.74 Å². The molecule has 0 aliphatic heterocycles. The van der Waals surface area contributed by atoms with Crippen molar-refractivity contribution in [2.45, 2.75) is 0 Å². The normalized spacial score (nSPS) is 17.4. The van der Waals surface area contributed by atoms with E-state index in [1.54, 1.807) is 7.11 Å². The lowest BCUT2D eigenvalue weighted by Gasteiger charge is -2.00. The van der Waals surface area contributed by atoms with Gasteiger partial charge in [0.1, 0.15) is 5.75 Å². The van der Waals surface area contributed by atoms with E-state index in [4.69, 9.17) is 4.74 Å². The third-order valence-electron chi connectivity index (χ3n) is 2.12. The number of hydrogen-bond acceptors (Lipinski definition) is 2. The van der Waals surface area contributed by atoms with Crippen LogP contribution in [0.1, 0.15) is 5.56 Å². The van der Waals surface area contributed by atoms with Gasteiger partial charge in [-0.2, -0.15) is 0 Å². The second kappa shape index (κ2) is 4.96. The minimum Gasteiger partial charge on any atom is -0.497 e. The lowest BCUT2D eigenvalue weighted by Crippen LogP contribution is -1.89. The van der Waals surface area contributed by atoms with Crippen molar-refractivity contribution in [1.29, 1.82) is 0 Å². The zero-order valence-electron chi connectivity index (χ0n) is 8.55. The van der Waals surface area contributed by atoms with Crippen LogP contribution in [0.2, 0.25) is 0 Å². The van der Waals surface area contributed by atoms with Crippen LogP contribution in [0.15, 0.2) is 29.3 Å². The highest BCUT2D eigenvalue weighted by molar-refractivity contribution is 5.80. The van der Waals surface area contributed by atoms with Crippen molar-refractivity contribution in [2.24, 2.45) is 4.99 Å². The first kappa shape index (κ1) is 10.2. The summed E-state index contributed by atoms with van der Waals surface area (Å²) in [6.07, 6.45) is 9.73. The molecule has 1 aliphatic rings. The lowest BCUT2D eigenvalue weighted by atomic mass is 10.2. The molecule has 0 amide bonds. The summed E-state index contributed by atoms with van der Waals surface area (Å²) in [6, 6.07) is 8.78. The summed E-state index contributed by atoms with van der Waals surface area (Å²) in [5.41, 5.74) is 1.07. The van der Waals surface area contributed by atoms with Gasteiger partial charge in [-0.15, -0.1) is 0 Å². The van der Waals surface area contributed by atoms with E-state index in [1.165, 1.54) is 0 Å². The molecule has 0 spiro atoms. The molecular weight excluding hydrogens is 186 g/mol. The Morgan fingerprint density at radius 1 is 1.07 bits per heavy atom. The first-order valence-corrected chi connectivity index (χ1v) is 4.78. The molecule has 0 bridgehead atoms. The molecule has 1 aromatic rings. The second-order valence-corrected chi connectivity index (χ2v) is 3.17. The van der Waals surface area contributed by atoms with Gasteiger partial charge in [0.15, 0.2) is 0 Å². The van der Waals surface area contributed by atoms with Gasteiger partial charge in [0.05, 0.1) is 13.2 Å². The molecular formula is C13H12NO. The van der Waals surface area contributed by atoms with E-state index in [9.17, 15) is 0 Å². The molecule has 1 saturated carbocycles. The van der Waals surface area contributed by atoms with Crippen LogP contribution in [0.4, 0.5) is 0 Å². The average molecular weight is 198 g/mol. The van der Waals surface area contributed by atoms with Crippen LogP contribution in [-0.2, 0) is 0 Å². The number of hydrogen-bond donors (Lipinski definition) is 0.